The van der Waals surface area contributed by atoms with Crippen molar-refractivity contribution in [2.24, 2.45) is 10.2 Å². The molecule has 0 aliphatic carbocycles. The van der Waals surface area contributed by atoms with Gasteiger partial charge in [0.05, 0.1) is 11.4 Å². The second-order valence-corrected chi connectivity index (χ2v) is 3.14. The van der Waals surface area contributed by atoms with Crippen LogP contribution in [0.5, 0.6) is 11.5 Å². The Hall–Kier alpha value is -1.98. The Morgan fingerprint density at radius 2 is 1.06 bits per heavy atom. The average Bonchev–Trinajstić information content (AvgIpc) is 2.42. The molecule has 18 heavy (non-hydrogen) atoms. The van der Waals surface area contributed by atoms with Gasteiger partial charge >= 0.3 is 21.0 Å². The Kier molecular flexibility index (Phi) is 5.77. The molecule has 2 aromatic carbocycles. The molecule has 2 rings (SSSR count). The van der Waals surface area contributed by atoms with E-state index in [1.54, 1.807) is 36.4 Å². The molecule has 89 valence electrons. The molecule has 0 fully saturated rings. The van der Waals surface area contributed by atoms with E-state index in [1.165, 1.54) is 12.1 Å². The molecule has 2 aromatic rings. The zero-order valence-corrected chi connectivity index (χ0v) is 10.6. The van der Waals surface area contributed by atoms with E-state index in [9.17, 15) is 10.2 Å². The van der Waals surface area contributed by atoms with E-state index in [-0.39, 0.29) is 22.9 Å². The van der Waals surface area contributed by atoms with Crippen LogP contribution in [-0.2, 0) is 21.0 Å². The van der Waals surface area contributed by atoms with Gasteiger partial charge in [-0.3, -0.25) is 0 Å². The Morgan fingerprint density at radius 3 is 1.39 bits per heavy atom. The molecule has 5 nitrogen and oxygen atoms in total. The molecule has 0 radical (unpaired) electrons. The summed E-state index contributed by atoms with van der Waals surface area (Å²) in [6, 6.07) is 12.6. The van der Waals surface area contributed by atoms with Crippen LogP contribution in [0.25, 0.3) is 0 Å². The van der Waals surface area contributed by atoms with Gasteiger partial charge in [0.15, 0.2) is 0 Å². The fourth-order valence-corrected chi connectivity index (χ4v) is 1.19. The molecule has 0 bridgehead atoms. The standard InChI is InChI=1S/C12H10N2O2.O.V/c15-11-7-3-1-5-9(11)13-14-10-6-2-4-8-12(10)16;;/h1-8,15-16H;;/q;;+2/p-2. The van der Waals surface area contributed by atoms with Gasteiger partial charge in [0, 0.05) is 0 Å². The van der Waals surface area contributed by atoms with Crippen LogP contribution in [0.15, 0.2) is 58.8 Å². The zero-order chi connectivity index (χ0) is 13.4. The second kappa shape index (κ2) is 7.37. The molecular formula is C12H8N2O3V. The summed E-state index contributed by atoms with van der Waals surface area (Å²) in [5.74, 6) is -0.427. The number of nitrogens with zero attached hydrogens (tertiary/aromatic N) is 2. The van der Waals surface area contributed by atoms with E-state index in [2.05, 4.69) is 10.2 Å². The number of rotatable bonds is 2. The first-order valence-electron chi connectivity index (χ1n) is 4.89. The van der Waals surface area contributed by atoms with Gasteiger partial charge in [-0.2, -0.15) is 10.2 Å². The summed E-state index contributed by atoms with van der Waals surface area (Å²) in [6.07, 6.45) is 0. The third kappa shape index (κ3) is 3.80. The van der Waals surface area contributed by atoms with Crippen LogP contribution in [-0.4, -0.2) is 0 Å². The van der Waals surface area contributed by atoms with E-state index in [0.717, 1.165) is 17.4 Å². The van der Waals surface area contributed by atoms with Crippen molar-refractivity contribution in [1.82, 2.24) is 0 Å². The van der Waals surface area contributed by atoms with Crippen LogP contribution >= 0.6 is 0 Å². The summed E-state index contributed by atoms with van der Waals surface area (Å²) < 4.78 is 8.19. The maximum atomic E-state index is 11.3. The van der Waals surface area contributed by atoms with Gasteiger partial charge in [0.25, 0.3) is 0 Å². The van der Waals surface area contributed by atoms with Crippen molar-refractivity contribution in [3.8, 4) is 11.5 Å². The SMILES string of the molecule is [O-]c1ccccc1N=Nc1ccccc1[O-].[O]=[V+2]. The van der Waals surface area contributed by atoms with Crippen LogP contribution in [0, 0.1) is 0 Å². The van der Waals surface area contributed by atoms with Crippen LogP contribution < -0.4 is 10.2 Å². The van der Waals surface area contributed by atoms with E-state index < -0.39 is 0 Å². The zero-order valence-electron chi connectivity index (χ0n) is 9.19. The van der Waals surface area contributed by atoms with Crippen molar-refractivity contribution in [3.63, 3.8) is 0 Å². The molecule has 0 aliphatic heterocycles. The van der Waals surface area contributed by atoms with E-state index in [0.29, 0.717) is 0 Å². The van der Waals surface area contributed by atoms with Gasteiger partial charge in [-0.05, 0) is 12.1 Å². The summed E-state index contributed by atoms with van der Waals surface area (Å²) in [6.45, 7) is 0. The topological polar surface area (TPSA) is 87.9 Å². The van der Waals surface area contributed by atoms with Gasteiger partial charge in [-0.25, -0.2) is 0 Å². The number of benzene rings is 2. The minimum atomic E-state index is -0.213. The minimum absolute atomic E-state index is 0.213. The first-order chi connectivity index (χ1) is 8.77. The molecule has 0 atom stereocenters. The van der Waals surface area contributed by atoms with Crippen LogP contribution in [0.3, 0.4) is 0 Å². The van der Waals surface area contributed by atoms with E-state index in [1.807, 2.05) is 0 Å². The number of para-hydroxylation sites is 2. The summed E-state index contributed by atoms with van der Waals surface area (Å²) in [5.41, 5.74) is 0.455. The van der Waals surface area contributed by atoms with Crippen molar-refractivity contribution in [1.29, 1.82) is 0 Å². The number of hydrogen-bond donors (Lipinski definition) is 0. The first-order valence-corrected chi connectivity index (χ1v) is 5.46. The average molecular weight is 279 g/mol. The molecule has 0 unspecified atom stereocenters. The molecule has 0 amide bonds. The third-order valence-electron chi connectivity index (χ3n) is 2.00. The summed E-state index contributed by atoms with van der Waals surface area (Å²) in [5, 5.41) is 30.1. The molecular weight excluding hydrogens is 271 g/mol. The quantitative estimate of drug-likeness (QED) is 0.789. The molecule has 0 N–H and O–H groups in total. The Labute approximate surface area is 113 Å². The second-order valence-electron chi connectivity index (χ2n) is 3.14. The Bertz CT molecular complexity index is 499. The van der Waals surface area contributed by atoms with E-state index >= 15 is 0 Å². The van der Waals surface area contributed by atoms with Crippen molar-refractivity contribution < 1.29 is 31.3 Å². The summed E-state index contributed by atoms with van der Waals surface area (Å²) in [4.78, 5) is 0. The van der Waals surface area contributed by atoms with Crippen molar-refractivity contribution in [2.45, 2.75) is 0 Å². The van der Waals surface area contributed by atoms with Gasteiger partial charge in [-0.1, -0.05) is 47.9 Å². The summed E-state index contributed by atoms with van der Waals surface area (Å²) >= 11 is 1.06. The van der Waals surface area contributed by atoms with Gasteiger partial charge in [0.2, 0.25) is 0 Å². The van der Waals surface area contributed by atoms with Crippen LogP contribution in [0.4, 0.5) is 11.4 Å². The van der Waals surface area contributed by atoms with Gasteiger partial charge in [-0.15, -0.1) is 0 Å². The normalized spacial score (nSPS) is 9.89. The molecule has 0 heterocycles. The first kappa shape index (κ1) is 14.1. The fraction of sp³-hybridized carbons (Fsp3) is 0. The number of hydrogen-bond acceptors (Lipinski definition) is 5. The molecule has 6 heteroatoms. The molecule has 0 saturated heterocycles. The van der Waals surface area contributed by atoms with Crippen LogP contribution in [0.1, 0.15) is 0 Å². The molecule has 0 aromatic heterocycles. The summed E-state index contributed by atoms with van der Waals surface area (Å²) in [7, 11) is 0. The third-order valence-corrected chi connectivity index (χ3v) is 2.00. The molecule has 0 saturated carbocycles. The molecule has 0 spiro atoms. The predicted molar refractivity (Wildman–Crippen MR) is 56.6 cm³/mol. The van der Waals surface area contributed by atoms with Crippen LogP contribution in [0.2, 0.25) is 0 Å². The maximum absolute atomic E-state index is 11.3. The Morgan fingerprint density at radius 1 is 0.722 bits per heavy atom. The number of azo groups is 1. The van der Waals surface area contributed by atoms with Gasteiger partial charge < -0.3 is 10.2 Å². The van der Waals surface area contributed by atoms with E-state index in [4.69, 9.17) is 3.67 Å². The monoisotopic (exact) mass is 279 g/mol. The van der Waals surface area contributed by atoms with Gasteiger partial charge in [0.1, 0.15) is 0 Å². The van der Waals surface area contributed by atoms with Crippen molar-refractivity contribution >= 4 is 11.4 Å². The van der Waals surface area contributed by atoms with Crippen molar-refractivity contribution in [2.75, 3.05) is 0 Å². The van der Waals surface area contributed by atoms with Crippen molar-refractivity contribution in [3.05, 3.63) is 48.5 Å². The predicted octanol–water partition coefficient (Wildman–Crippen LogP) is 2.13. The molecule has 0 aliphatic rings. The fourth-order valence-electron chi connectivity index (χ4n) is 1.19. The Balaban J connectivity index is 0.000000771.